The number of nitrogens with two attached hydrogens (primary N) is 1. The minimum absolute atomic E-state index is 0.620. The Morgan fingerprint density at radius 1 is 1.19 bits per heavy atom. The smallest absolute Gasteiger partial charge is 0.0235 e. The molecule has 2 aliphatic rings. The molecule has 0 aromatic heterocycles. The van der Waals surface area contributed by atoms with E-state index in [9.17, 15) is 0 Å². The van der Waals surface area contributed by atoms with E-state index < -0.39 is 0 Å². The third kappa shape index (κ3) is 2.76. The van der Waals surface area contributed by atoms with E-state index >= 15 is 0 Å². The van der Waals surface area contributed by atoms with Crippen LogP contribution in [0.3, 0.4) is 0 Å². The van der Waals surface area contributed by atoms with Crippen LogP contribution in [0, 0.1) is 0 Å². The second-order valence-corrected chi connectivity index (χ2v) is 5.33. The number of piperidine rings is 1. The van der Waals surface area contributed by atoms with E-state index in [1.807, 2.05) is 0 Å². The summed E-state index contributed by atoms with van der Waals surface area (Å²) >= 11 is 0. The molecule has 0 aliphatic carbocycles. The molecule has 2 atom stereocenters. The lowest BCUT2D eigenvalue weighted by Gasteiger charge is -2.33. The van der Waals surface area contributed by atoms with Crippen LogP contribution in [0.15, 0.2) is 0 Å². The summed E-state index contributed by atoms with van der Waals surface area (Å²) < 4.78 is 0. The normalized spacial score (nSPS) is 30.8. The van der Waals surface area contributed by atoms with Gasteiger partial charge in [-0.3, -0.25) is 9.80 Å². The maximum Gasteiger partial charge on any atom is 0.0235 e. The molecule has 3 heteroatoms. The van der Waals surface area contributed by atoms with E-state index in [1.165, 1.54) is 58.3 Å². The van der Waals surface area contributed by atoms with Crippen LogP contribution in [0.1, 0.15) is 39.0 Å². The Hall–Kier alpha value is -0.120. The molecule has 0 aromatic carbocycles. The van der Waals surface area contributed by atoms with Crippen molar-refractivity contribution in [3.05, 3.63) is 0 Å². The molecule has 94 valence electrons. The number of hydrogen-bond donors (Lipinski definition) is 1. The van der Waals surface area contributed by atoms with Crippen molar-refractivity contribution in [2.24, 2.45) is 5.73 Å². The molecular weight excluding hydrogens is 198 g/mol. The highest BCUT2D eigenvalue weighted by molar-refractivity contribution is 4.87. The van der Waals surface area contributed by atoms with Crippen molar-refractivity contribution < 1.29 is 0 Å². The average molecular weight is 225 g/mol. The van der Waals surface area contributed by atoms with Crippen LogP contribution in [0.25, 0.3) is 0 Å². The third-order valence-corrected chi connectivity index (χ3v) is 4.36. The first kappa shape index (κ1) is 12.3. The van der Waals surface area contributed by atoms with Gasteiger partial charge in [0.1, 0.15) is 0 Å². The Bertz CT molecular complexity index is 197. The van der Waals surface area contributed by atoms with Crippen molar-refractivity contribution in [3.63, 3.8) is 0 Å². The van der Waals surface area contributed by atoms with Gasteiger partial charge in [-0.25, -0.2) is 0 Å². The number of likely N-dealkylation sites (tertiary alicyclic amines) is 2. The zero-order chi connectivity index (χ0) is 11.4. The van der Waals surface area contributed by atoms with Crippen LogP contribution >= 0.6 is 0 Å². The lowest BCUT2D eigenvalue weighted by atomic mass is 10.1. The summed E-state index contributed by atoms with van der Waals surface area (Å²) in [4.78, 5) is 5.33. The lowest BCUT2D eigenvalue weighted by molar-refractivity contribution is 0.152. The summed E-state index contributed by atoms with van der Waals surface area (Å²) in [6, 6.07) is 1.44. The predicted octanol–water partition coefficient (Wildman–Crippen LogP) is 1.28. The summed E-state index contributed by atoms with van der Waals surface area (Å²) in [5.41, 5.74) is 5.83. The van der Waals surface area contributed by atoms with Crippen LogP contribution in [0.5, 0.6) is 0 Å². The first-order chi connectivity index (χ1) is 7.85. The Morgan fingerprint density at radius 3 is 2.56 bits per heavy atom. The number of hydrogen-bond acceptors (Lipinski definition) is 3. The van der Waals surface area contributed by atoms with Gasteiger partial charge in [-0.1, -0.05) is 13.3 Å². The molecule has 0 bridgehead atoms. The third-order valence-electron chi connectivity index (χ3n) is 4.36. The van der Waals surface area contributed by atoms with Gasteiger partial charge in [0.15, 0.2) is 0 Å². The van der Waals surface area contributed by atoms with Crippen molar-refractivity contribution in [1.29, 1.82) is 0 Å². The van der Waals surface area contributed by atoms with E-state index in [4.69, 9.17) is 5.73 Å². The quantitative estimate of drug-likeness (QED) is 0.782. The van der Waals surface area contributed by atoms with Gasteiger partial charge in [0, 0.05) is 31.7 Å². The molecule has 16 heavy (non-hydrogen) atoms. The molecule has 2 unspecified atom stereocenters. The van der Waals surface area contributed by atoms with Gasteiger partial charge in [0.25, 0.3) is 0 Å². The van der Waals surface area contributed by atoms with Crippen molar-refractivity contribution in [3.8, 4) is 0 Å². The van der Waals surface area contributed by atoms with E-state index in [1.54, 1.807) is 0 Å². The number of nitrogens with zero attached hydrogens (tertiary/aromatic N) is 2. The largest absolute Gasteiger partial charge is 0.329 e. The highest BCUT2D eigenvalue weighted by atomic mass is 15.3. The topological polar surface area (TPSA) is 32.5 Å². The Balaban J connectivity index is 1.82. The van der Waals surface area contributed by atoms with Gasteiger partial charge in [-0.05, 0) is 38.8 Å². The minimum atomic E-state index is 0.620. The molecule has 2 saturated heterocycles. The van der Waals surface area contributed by atoms with E-state index in [0.717, 1.165) is 12.6 Å². The molecule has 3 nitrogen and oxygen atoms in total. The lowest BCUT2D eigenvalue weighted by Crippen LogP contribution is -2.44. The van der Waals surface area contributed by atoms with Crippen LogP contribution in [-0.4, -0.2) is 54.6 Å². The van der Waals surface area contributed by atoms with Crippen molar-refractivity contribution in [2.45, 2.75) is 51.1 Å². The summed E-state index contributed by atoms with van der Waals surface area (Å²) in [6.07, 6.45) is 6.81. The first-order valence-electron chi connectivity index (χ1n) is 7.03. The summed E-state index contributed by atoms with van der Waals surface area (Å²) in [7, 11) is 0. The molecule has 2 rings (SSSR count). The molecular formula is C13H27N3. The minimum Gasteiger partial charge on any atom is -0.329 e. The molecule has 2 heterocycles. The summed E-state index contributed by atoms with van der Waals surface area (Å²) in [5, 5.41) is 0. The fourth-order valence-electron chi connectivity index (χ4n) is 3.26. The van der Waals surface area contributed by atoms with Crippen molar-refractivity contribution in [2.75, 3.05) is 32.7 Å². The molecule has 0 radical (unpaired) electrons. The molecule has 0 saturated carbocycles. The molecule has 0 spiro atoms. The second kappa shape index (κ2) is 5.99. The highest BCUT2D eigenvalue weighted by Gasteiger charge is 2.30. The van der Waals surface area contributed by atoms with Gasteiger partial charge in [0.2, 0.25) is 0 Å². The fraction of sp³-hybridized carbons (Fsp3) is 1.00. The van der Waals surface area contributed by atoms with Gasteiger partial charge < -0.3 is 5.73 Å². The van der Waals surface area contributed by atoms with Gasteiger partial charge >= 0.3 is 0 Å². The number of rotatable bonds is 4. The van der Waals surface area contributed by atoms with Crippen molar-refractivity contribution >= 4 is 0 Å². The first-order valence-corrected chi connectivity index (χ1v) is 7.03. The summed E-state index contributed by atoms with van der Waals surface area (Å²) in [5.74, 6) is 0. The van der Waals surface area contributed by atoms with Crippen LogP contribution < -0.4 is 5.73 Å². The van der Waals surface area contributed by atoms with Crippen LogP contribution in [0.4, 0.5) is 0 Å². The van der Waals surface area contributed by atoms with Gasteiger partial charge in [0.05, 0.1) is 0 Å². The average Bonchev–Trinajstić information content (AvgIpc) is 2.81. The predicted molar refractivity (Wildman–Crippen MR) is 68.5 cm³/mol. The Morgan fingerprint density at radius 2 is 1.94 bits per heavy atom. The monoisotopic (exact) mass is 225 g/mol. The molecule has 0 aromatic rings. The van der Waals surface area contributed by atoms with E-state index in [0.29, 0.717) is 6.04 Å². The van der Waals surface area contributed by atoms with Crippen LogP contribution in [-0.2, 0) is 0 Å². The summed E-state index contributed by atoms with van der Waals surface area (Å²) in [6.45, 7) is 8.26. The SMILES string of the molecule is CCC(CN)N1CCC(N2CCCCC2)C1. The zero-order valence-electron chi connectivity index (χ0n) is 10.7. The Labute approximate surface area is 100.0 Å². The second-order valence-electron chi connectivity index (χ2n) is 5.33. The van der Waals surface area contributed by atoms with Gasteiger partial charge in [-0.15, -0.1) is 0 Å². The molecule has 2 aliphatic heterocycles. The maximum atomic E-state index is 5.83. The van der Waals surface area contributed by atoms with Gasteiger partial charge in [-0.2, -0.15) is 0 Å². The molecule has 2 fully saturated rings. The highest BCUT2D eigenvalue weighted by Crippen LogP contribution is 2.22. The molecule has 2 N–H and O–H groups in total. The molecule has 0 amide bonds. The standard InChI is InChI=1S/C13H27N3/c1-2-12(10-14)16-9-6-13(11-16)15-7-4-3-5-8-15/h12-13H,2-11,14H2,1H3. The zero-order valence-corrected chi connectivity index (χ0v) is 10.7. The maximum absolute atomic E-state index is 5.83. The van der Waals surface area contributed by atoms with E-state index in [2.05, 4.69) is 16.7 Å². The van der Waals surface area contributed by atoms with Crippen LogP contribution in [0.2, 0.25) is 0 Å². The fourth-order valence-corrected chi connectivity index (χ4v) is 3.26. The van der Waals surface area contributed by atoms with Crippen molar-refractivity contribution in [1.82, 2.24) is 9.80 Å². The van der Waals surface area contributed by atoms with E-state index in [-0.39, 0.29) is 0 Å². The Kier molecular flexibility index (Phi) is 4.62.